The van der Waals surface area contributed by atoms with Crippen molar-refractivity contribution in [3.63, 3.8) is 0 Å². The molecule has 0 amide bonds. The van der Waals surface area contributed by atoms with Gasteiger partial charge in [0, 0.05) is 12.4 Å². The predicted octanol–water partition coefficient (Wildman–Crippen LogP) is -0.972. The van der Waals surface area contributed by atoms with Crippen LogP contribution in [0.15, 0.2) is 0 Å². The van der Waals surface area contributed by atoms with Gasteiger partial charge in [-0.1, -0.05) is 0 Å². The third-order valence-corrected chi connectivity index (χ3v) is 3.27. The van der Waals surface area contributed by atoms with E-state index in [2.05, 4.69) is 18.9 Å². The minimum atomic E-state index is 1.10. The van der Waals surface area contributed by atoms with Gasteiger partial charge in [0.25, 0.3) is 0 Å². The van der Waals surface area contributed by atoms with Crippen molar-refractivity contribution in [3.05, 3.63) is 11.3 Å². The monoisotopic (exact) mass is 140 g/mol. The van der Waals surface area contributed by atoms with E-state index in [1.807, 2.05) is 11.7 Å². The molecule has 0 aromatic carbocycles. The summed E-state index contributed by atoms with van der Waals surface area (Å²) >= 11 is 0. The largest absolute Gasteiger partial charge is 0.278 e. The molecular weight excluding hydrogens is 128 g/mol. The van der Waals surface area contributed by atoms with Crippen LogP contribution in [0.4, 0.5) is 0 Å². The first-order chi connectivity index (χ1) is 4.13. The highest BCUT2D eigenvalue weighted by atomic mass is 28.1. The second-order valence-electron chi connectivity index (χ2n) is 2.42. The average Bonchev–Trinajstić information content (AvgIpc) is 1.98. The lowest BCUT2D eigenvalue weighted by Gasteiger charge is -1.91. The highest BCUT2D eigenvalue weighted by molar-refractivity contribution is 6.31. The molecular formula is C6H12N2Si. The van der Waals surface area contributed by atoms with E-state index in [9.17, 15) is 0 Å². The van der Waals surface area contributed by atoms with Crippen molar-refractivity contribution in [2.45, 2.75) is 13.8 Å². The lowest BCUT2D eigenvalue weighted by atomic mass is 10.3. The van der Waals surface area contributed by atoms with Gasteiger partial charge < -0.3 is 0 Å². The summed E-state index contributed by atoms with van der Waals surface area (Å²) in [5.41, 5.74) is 2.53. The minimum absolute atomic E-state index is 1.10. The Bertz CT molecular complexity index is 205. The Morgan fingerprint density at radius 1 is 1.44 bits per heavy atom. The first kappa shape index (κ1) is 6.55. The summed E-state index contributed by atoms with van der Waals surface area (Å²) in [5, 5.41) is 5.66. The molecule has 0 saturated heterocycles. The van der Waals surface area contributed by atoms with E-state index in [0.717, 1.165) is 10.2 Å². The van der Waals surface area contributed by atoms with Crippen LogP contribution in [0.3, 0.4) is 0 Å². The smallest absolute Gasteiger partial charge is 0.0622 e. The molecule has 0 bridgehead atoms. The first-order valence-electron chi connectivity index (χ1n) is 3.09. The molecule has 1 heterocycles. The van der Waals surface area contributed by atoms with Gasteiger partial charge in [-0.3, -0.25) is 4.68 Å². The summed E-state index contributed by atoms with van der Waals surface area (Å²) in [6.45, 7) is 4.18. The maximum Gasteiger partial charge on any atom is 0.0622 e. The summed E-state index contributed by atoms with van der Waals surface area (Å²) in [7, 11) is 3.10. The van der Waals surface area contributed by atoms with Gasteiger partial charge in [-0.05, 0) is 19.4 Å². The molecule has 0 unspecified atom stereocenters. The van der Waals surface area contributed by atoms with E-state index >= 15 is 0 Å². The van der Waals surface area contributed by atoms with Crippen molar-refractivity contribution in [1.29, 1.82) is 0 Å². The van der Waals surface area contributed by atoms with E-state index in [1.165, 1.54) is 16.6 Å². The van der Waals surface area contributed by atoms with Crippen molar-refractivity contribution in [1.82, 2.24) is 9.78 Å². The Balaban J connectivity index is 3.29. The molecule has 9 heavy (non-hydrogen) atoms. The first-order valence-corrected chi connectivity index (χ1v) is 4.09. The Labute approximate surface area is 58.3 Å². The SMILES string of the molecule is Cc1nn(C)c([SiH3])c1C. The van der Waals surface area contributed by atoms with Gasteiger partial charge in [-0.2, -0.15) is 5.10 Å². The maximum absolute atomic E-state index is 4.26. The molecule has 0 fully saturated rings. The molecule has 0 saturated carbocycles. The van der Waals surface area contributed by atoms with E-state index in [1.54, 1.807) is 0 Å². The lowest BCUT2D eigenvalue weighted by molar-refractivity contribution is 0.776. The summed E-state index contributed by atoms with van der Waals surface area (Å²) in [6, 6.07) is 0. The van der Waals surface area contributed by atoms with Gasteiger partial charge in [0.05, 0.1) is 15.9 Å². The quantitative estimate of drug-likeness (QED) is 0.424. The Kier molecular flexibility index (Phi) is 1.44. The molecule has 3 heteroatoms. The van der Waals surface area contributed by atoms with Crippen molar-refractivity contribution in [2.75, 3.05) is 0 Å². The Morgan fingerprint density at radius 2 is 2.00 bits per heavy atom. The van der Waals surface area contributed by atoms with Crippen molar-refractivity contribution >= 4 is 15.6 Å². The molecule has 50 valence electrons. The standard InChI is InChI=1S/C6H12N2Si/c1-4-5(2)7-8(3)6(4)9/h1-3,9H3. The molecule has 0 aliphatic carbocycles. The summed E-state index contributed by atoms with van der Waals surface area (Å²) in [6.07, 6.45) is 0. The predicted molar refractivity (Wildman–Crippen MR) is 42.3 cm³/mol. The summed E-state index contributed by atoms with van der Waals surface area (Å²) in [5.74, 6) is 0. The van der Waals surface area contributed by atoms with Gasteiger partial charge in [0.1, 0.15) is 0 Å². The zero-order valence-corrected chi connectivity index (χ0v) is 8.39. The number of rotatable bonds is 0. The molecule has 1 aromatic rings. The normalized spacial score (nSPS) is 10.6. The number of aryl methyl sites for hydroxylation is 2. The van der Waals surface area contributed by atoms with Crippen LogP contribution in [0.2, 0.25) is 0 Å². The van der Waals surface area contributed by atoms with Crippen LogP contribution in [0.1, 0.15) is 11.3 Å². The Hall–Kier alpha value is -0.573. The highest BCUT2D eigenvalue weighted by Crippen LogP contribution is 1.96. The lowest BCUT2D eigenvalue weighted by Crippen LogP contribution is -2.16. The molecule has 1 aromatic heterocycles. The molecule has 0 atom stereocenters. The van der Waals surface area contributed by atoms with E-state index in [0.29, 0.717) is 0 Å². The van der Waals surface area contributed by atoms with Crippen LogP contribution in [-0.4, -0.2) is 20.0 Å². The van der Waals surface area contributed by atoms with Gasteiger partial charge in [-0.25, -0.2) is 0 Å². The fraction of sp³-hybridized carbons (Fsp3) is 0.500. The molecule has 0 aliphatic rings. The van der Waals surface area contributed by atoms with Crippen LogP contribution in [0.5, 0.6) is 0 Å². The van der Waals surface area contributed by atoms with Crippen molar-refractivity contribution in [2.24, 2.45) is 7.05 Å². The van der Waals surface area contributed by atoms with Crippen LogP contribution in [-0.2, 0) is 7.05 Å². The molecule has 0 spiro atoms. The van der Waals surface area contributed by atoms with Crippen LogP contribution >= 0.6 is 0 Å². The molecule has 1 rings (SSSR count). The molecule has 2 nitrogen and oxygen atoms in total. The van der Waals surface area contributed by atoms with Gasteiger partial charge in [-0.15, -0.1) is 0 Å². The highest BCUT2D eigenvalue weighted by Gasteiger charge is 2.01. The van der Waals surface area contributed by atoms with Crippen LogP contribution < -0.4 is 5.32 Å². The maximum atomic E-state index is 4.26. The third-order valence-electron chi connectivity index (χ3n) is 1.87. The number of nitrogens with zero attached hydrogens (tertiary/aromatic N) is 2. The molecule has 0 aliphatic heterocycles. The number of aromatic nitrogens is 2. The van der Waals surface area contributed by atoms with Gasteiger partial charge >= 0.3 is 0 Å². The third kappa shape index (κ3) is 0.919. The second kappa shape index (κ2) is 1.99. The van der Waals surface area contributed by atoms with Crippen molar-refractivity contribution < 1.29 is 0 Å². The van der Waals surface area contributed by atoms with Crippen LogP contribution in [0, 0.1) is 13.8 Å². The fourth-order valence-corrected chi connectivity index (χ4v) is 1.34. The van der Waals surface area contributed by atoms with E-state index in [-0.39, 0.29) is 0 Å². The fourth-order valence-electron chi connectivity index (χ4n) is 0.880. The number of hydrogen-bond acceptors (Lipinski definition) is 1. The van der Waals surface area contributed by atoms with Crippen LogP contribution in [0.25, 0.3) is 0 Å². The Morgan fingerprint density at radius 3 is 2.11 bits per heavy atom. The summed E-state index contributed by atoms with van der Waals surface area (Å²) < 4.78 is 1.97. The van der Waals surface area contributed by atoms with Gasteiger partial charge in [0.15, 0.2) is 0 Å². The van der Waals surface area contributed by atoms with Crippen molar-refractivity contribution in [3.8, 4) is 0 Å². The topological polar surface area (TPSA) is 17.8 Å². The molecule has 0 N–H and O–H groups in total. The van der Waals surface area contributed by atoms with Gasteiger partial charge in [0.2, 0.25) is 0 Å². The zero-order chi connectivity index (χ0) is 7.02. The molecule has 0 radical (unpaired) electrons. The van der Waals surface area contributed by atoms with E-state index < -0.39 is 0 Å². The average molecular weight is 140 g/mol. The zero-order valence-electron chi connectivity index (χ0n) is 6.39. The number of hydrogen-bond donors (Lipinski definition) is 0. The summed E-state index contributed by atoms with van der Waals surface area (Å²) in [4.78, 5) is 0. The second-order valence-corrected chi connectivity index (χ2v) is 3.37. The van der Waals surface area contributed by atoms with E-state index in [4.69, 9.17) is 0 Å². The minimum Gasteiger partial charge on any atom is -0.278 e.